The molecule has 0 spiro atoms. The van der Waals surface area contributed by atoms with E-state index in [1.165, 1.54) is 12.4 Å². The van der Waals surface area contributed by atoms with Gasteiger partial charge in [0.25, 0.3) is 0 Å². The number of hydrogen-bond acceptors (Lipinski definition) is 5. The zero-order chi connectivity index (χ0) is 16.3. The summed E-state index contributed by atoms with van der Waals surface area (Å²) in [6, 6.07) is 7.94. The number of rotatable bonds is 4. The topological polar surface area (TPSA) is 84.3 Å². The van der Waals surface area contributed by atoms with Gasteiger partial charge in [0.2, 0.25) is 0 Å². The first kappa shape index (κ1) is 15.4. The van der Waals surface area contributed by atoms with Gasteiger partial charge in [0, 0.05) is 12.4 Å². The molecular weight excluding hydrogens is 294 g/mol. The van der Waals surface area contributed by atoms with Crippen LogP contribution in [-0.2, 0) is 5.41 Å². The Morgan fingerprint density at radius 1 is 1.26 bits per heavy atom. The Kier molecular flexibility index (Phi) is 4.25. The number of carbonyl (C=O) groups is 1. The molecule has 0 saturated carbocycles. The van der Waals surface area contributed by atoms with Crippen LogP contribution in [0.15, 0.2) is 36.7 Å². The van der Waals surface area contributed by atoms with Gasteiger partial charge in [-0.2, -0.15) is 0 Å². The van der Waals surface area contributed by atoms with Crippen molar-refractivity contribution in [2.24, 2.45) is 0 Å². The van der Waals surface area contributed by atoms with E-state index in [4.69, 9.17) is 9.84 Å². The average molecular weight is 313 g/mol. The lowest BCUT2D eigenvalue weighted by molar-refractivity contribution is 0.0695. The summed E-state index contributed by atoms with van der Waals surface area (Å²) in [5.74, 6) is 0.442. The summed E-state index contributed by atoms with van der Waals surface area (Å²) in [6.45, 7) is 1.72. The first-order chi connectivity index (χ1) is 11.2. The van der Waals surface area contributed by atoms with E-state index < -0.39 is 5.97 Å². The van der Waals surface area contributed by atoms with Gasteiger partial charge in [0.1, 0.15) is 11.6 Å². The Labute approximate surface area is 134 Å². The number of carboxylic acids is 1. The molecule has 1 fully saturated rings. The summed E-state index contributed by atoms with van der Waals surface area (Å²) < 4.78 is 5.34. The van der Waals surface area contributed by atoms with Crippen molar-refractivity contribution in [1.82, 2.24) is 15.3 Å². The minimum absolute atomic E-state index is 0.100. The highest BCUT2D eigenvalue weighted by molar-refractivity contribution is 5.86. The first-order valence-electron chi connectivity index (χ1n) is 7.57. The molecule has 3 rings (SSSR count). The van der Waals surface area contributed by atoms with Crippen molar-refractivity contribution in [2.45, 2.75) is 18.3 Å². The maximum Gasteiger partial charge on any atom is 0.338 e. The van der Waals surface area contributed by atoms with E-state index in [1.54, 1.807) is 7.11 Å². The number of carboxylic acid groups (broad SMARTS) is 1. The lowest BCUT2D eigenvalue weighted by Gasteiger charge is -2.37. The molecule has 1 aliphatic heterocycles. The number of nitrogens with zero attached hydrogens (tertiary/aromatic N) is 2. The Hall–Kier alpha value is -2.47. The third-order valence-electron chi connectivity index (χ3n) is 4.41. The molecule has 1 aliphatic rings. The molecule has 2 N–H and O–H groups in total. The number of aromatic carboxylic acids is 1. The fourth-order valence-electron chi connectivity index (χ4n) is 3.10. The van der Waals surface area contributed by atoms with E-state index in [0.29, 0.717) is 5.82 Å². The second kappa shape index (κ2) is 6.34. The molecule has 1 aromatic carbocycles. The minimum Gasteiger partial charge on any atom is -0.497 e. The fourth-order valence-corrected chi connectivity index (χ4v) is 3.10. The van der Waals surface area contributed by atoms with Gasteiger partial charge < -0.3 is 15.2 Å². The maximum absolute atomic E-state index is 11.0. The number of nitrogens with one attached hydrogen (secondary N) is 1. The molecule has 1 saturated heterocycles. The van der Waals surface area contributed by atoms with Crippen LogP contribution in [0.5, 0.6) is 5.75 Å². The van der Waals surface area contributed by atoms with Crippen molar-refractivity contribution in [3.8, 4) is 5.75 Å². The van der Waals surface area contributed by atoms with Crippen LogP contribution >= 0.6 is 0 Å². The molecule has 6 heteroatoms. The zero-order valence-electron chi connectivity index (χ0n) is 13.0. The Balaban J connectivity index is 2.07. The first-order valence-corrected chi connectivity index (χ1v) is 7.57. The SMILES string of the molecule is COc1cccc(C2(c3ncc(C(=O)O)cn3)CCNCC2)c1. The van der Waals surface area contributed by atoms with Gasteiger partial charge in [-0.1, -0.05) is 12.1 Å². The quantitative estimate of drug-likeness (QED) is 0.896. The average Bonchev–Trinajstić information content (AvgIpc) is 2.62. The highest BCUT2D eigenvalue weighted by atomic mass is 16.5. The zero-order valence-corrected chi connectivity index (χ0v) is 13.0. The molecule has 0 atom stereocenters. The van der Waals surface area contributed by atoms with Gasteiger partial charge >= 0.3 is 5.97 Å². The van der Waals surface area contributed by atoms with Crippen LogP contribution in [0.25, 0.3) is 0 Å². The number of hydrogen-bond donors (Lipinski definition) is 2. The van der Waals surface area contributed by atoms with Crippen molar-refractivity contribution < 1.29 is 14.6 Å². The van der Waals surface area contributed by atoms with Crippen molar-refractivity contribution in [3.63, 3.8) is 0 Å². The molecular formula is C17H19N3O3. The standard InChI is InChI=1S/C17H19N3O3/c1-23-14-4-2-3-13(9-14)17(5-7-18-8-6-17)16-19-10-12(11-20-16)15(21)22/h2-4,9-11,18H,5-8H2,1H3,(H,21,22). The highest BCUT2D eigenvalue weighted by Gasteiger charge is 2.38. The predicted octanol–water partition coefficient (Wildman–Crippen LogP) is 1.85. The van der Waals surface area contributed by atoms with Crippen LogP contribution < -0.4 is 10.1 Å². The normalized spacial score (nSPS) is 16.7. The van der Waals surface area contributed by atoms with E-state index in [9.17, 15) is 4.79 Å². The van der Waals surface area contributed by atoms with E-state index in [0.717, 1.165) is 37.2 Å². The van der Waals surface area contributed by atoms with E-state index in [2.05, 4.69) is 21.4 Å². The summed E-state index contributed by atoms with van der Waals surface area (Å²) in [6.07, 6.45) is 4.47. The molecule has 0 bridgehead atoms. The largest absolute Gasteiger partial charge is 0.497 e. The van der Waals surface area contributed by atoms with Gasteiger partial charge in [-0.25, -0.2) is 14.8 Å². The van der Waals surface area contributed by atoms with Crippen molar-refractivity contribution in [2.75, 3.05) is 20.2 Å². The van der Waals surface area contributed by atoms with Crippen LogP contribution in [0.4, 0.5) is 0 Å². The van der Waals surface area contributed by atoms with Gasteiger partial charge in [0.05, 0.1) is 18.1 Å². The van der Waals surface area contributed by atoms with Gasteiger partial charge in [-0.05, 0) is 43.6 Å². The van der Waals surface area contributed by atoms with Crippen LogP contribution in [0.2, 0.25) is 0 Å². The number of aromatic nitrogens is 2. The van der Waals surface area contributed by atoms with E-state index in [-0.39, 0.29) is 11.0 Å². The summed E-state index contributed by atoms with van der Waals surface area (Å²) in [5, 5.41) is 12.4. The molecule has 0 unspecified atom stereocenters. The molecule has 0 radical (unpaired) electrons. The summed E-state index contributed by atoms with van der Waals surface area (Å²) in [5.41, 5.74) is 0.876. The second-order valence-electron chi connectivity index (χ2n) is 5.66. The van der Waals surface area contributed by atoms with Gasteiger partial charge in [-0.15, -0.1) is 0 Å². The van der Waals surface area contributed by atoms with E-state index in [1.807, 2.05) is 18.2 Å². The van der Waals surface area contributed by atoms with Crippen LogP contribution in [0.3, 0.4) is 0 Å². The molecule has 2 heterocycles. The molecule has 0 amide bonds. The van der Waals surface area contributed by atoms with Crippen LogP contribution in [0, 0.1) is 0 Å². The third-order valence-corrected chi connectivity index (χ3v) is 4.41. The predicted molar refractivity (Wildman–Crippen MR) is 84.9 cm³/mol. The Morgan fingerprint density at radius 2 is 1.96 bits per heavy atom. The van der Waals surface area contributed by atoms with E-state index >= 15 is 0 Å². The molecule has 120 valence electrons. The maximum atomic E-state index is 11.0. The van der Waals surface area contributed by atoms with Crippen molar-refractivity contribution in [3.05, 3.63) is 53.6 Å². The number of benzene rings is 1. The fraction of sp³-hybridized carbons (Fsp3) is 0.353. The molecule has 6 nitrogen and oxygen atoms in total. The summed E-state index contributed by atoms with van der Waals surface area (Å²) in [7, 11) is 1.65. The van der Waals surface area contributed by atoms with Crippen LogP contribution in [0.1, 0.15) is 34.6 Å². The molecule has 1 aromatic heterocycles. The second-order valence-corrected chi connectivity index (χ2v) is 5.66. The lowest BCUT2D eigenvalue weighted by atomic mass is 9.72. The monoisotopic (exact) mass is 313 g/mol. The summed E-state index contributed by atoms with van der Waals surface area (Å²) >= 11 is 0. The van der Waals surface area contributed by atoms with Crippen molar-refractivity contribution >= 4 is 5.97 Å². The van der Waals surface area contributed by atoms with Crippen molar-refractivity contribution in [1.29, 1.82) is 0 Å². The number of ether oxygens (including phenoxy) is 1. The Bertz CT molecular complexity index is 694. The number of piperidine rings is 1. The molecule has 2 aromatic rings. The minimum atomic E-state index is -1.02. The summed E-state index contributed by atoms with van der Waals surface area (Å²) in [4.78, 5) is 19.7. The molecule has 23 heavy (non-hydrogen) atoms. The third kappa shape index (κ3) is 2.90. The van der Waals surface area contributed by atoms with Gasteiger partial charge in [-0.3, -0.25) is 0 Å². The Morgan fingerprint density at radius 3 is 2.57 bits per heavy atom. The highest BCUT2D eigenvalue weighted by Crippen LogP contribution is 2.39. The molecule has 0 aliphatic carbocycles. The lowest BCUT2D eigenvalue weighted by Crippen LogP contribution is -2.42. The van der Waals surface area contributed by atoms with Crippen LogP contribution in [-0.4, -0.2) is 41.2 Å². The smallest absolute Gasteiger partial charge is 0.338 e. The van der Waals surface area contributed by atoms with Gasteiger partial charge in [0.15, 0.2) is 0 Å². The number of methoxy groups -OCH3 is 1.